The molecule has 0 radical (unpaired) electrons. The summed E-state index contributed by atoms with van der Waals surface area (Å²) in [5, 5.41) is 3.29. The molecule has 0 aromatic heterocycles. The van der Waals surface area contributed by atoms with Crippen molar-refractivity contribution in [3.63, 3.8) is 0 Å². The van der Waals surface area contributed by atoms with Crippen molar-refractivity contribution >= 4 is 11.8 Å². The van der Waals surface area contributed by atoms with Gasteiger partial charge in [0.15, 0.2) is 5.78 Å². The van der Waals surface area contributed by atoms with Gasteiger partial charge < -0.3 is 19.5 Å². The van der Waals surface area contributed by atoms with E-state index in [0.29, 0.717) is 29.2 Å². The van der Waals surface area contributed by atoms with Crippen LogP contribution in [0.5, 0.6) is 11.5 Å². The van der Waals surface area contributed by atoms with Gasteiger partial charge in [0.1, 0.15) is 23.5 Å². The molecule has 172 valence electrons. The van der Waals surface area contributed by atoms with Crippen LogP contribution >= 0.6 is 0 Å². The molecule has 2 unspecified atom stereocenters. The largest absolute Gasteiger partial charge is 0.497 e. The van der Waals surface area contributed by atoms with Gasteiger partial charge >= 0.3 is 5.97 Å². The Hall–Kier alpha value is -2.76. The van der Waals surface area contributed by atoms with Gasteiger partial charge in [-0.3, -0.25) is 9.59 Å². The van der Waals surface area contributed by atoms with E-state index in [-0.39, 0.29) is 17.9 Å². The maximum atomic E-state index is 13.6. The van der Waals surface area contributed by atoms with Gasteiger partial charge in [0.05, 0.1) is 14.2 Å². The van der Waals surface area contributed by atoms with Crippen molar-refractivity contribution in [2.24, 2.45) is 5.92 Å². The number of rotatable bonds is 5. The normalized spacial score (nSPS) is 24.3. The minimum absolute atomic E-state index is 0.0633. The number of ketones is 1. The van der Waals surface area contributed by atoms with Crippen molar-refractivity contribution < 1.29 is 23.8 Å². The molecule has 0 spiro atoms. The Morgan fingerprint density at radius 1 is 1.03 bits per heavy atom. The summed E-state index contributed by atoms with van der Waals surface area (Å²) in [4.78, 5) is 26.7. The van der Waals surface area contributed by atoms with Crippen molar-refractivity contribution in [3.05, 3.63) is 47.3 Å². The maximum absolute atomic E-state index is 13.6. The summed E-state index contributed by atoms with van der Waals surface area (Å²) in [6, 6.07) is 5.50. The second-order valence-electron chi connectivity index (χ2n) is 8.93. The fourth-order valence-electron chi connectivity index (χ4n) is 5.29. The molecule has 1 fully saturated rings. The van der Waals surface area contributed by atoms with E-state index in [0.717, 1.165) is 49.8 Å². The molecule has 0 amide bonds. The molecular weight excluding hydrogens is 406 g/mol. The lowest BCUT2D eigenvalue weighted by molar-refractivity contribution is -0.154. The lowest BCUT2D eigenvalue weighted by Gasteiger charge is -2.39. The SMILES string of the molecule is C=C1NC2=C(C(=O)CCC2)C(c2cc(OC)ccc2OC)C1C(=O)OC1CCCCCC1. The number of allylic oxidation sites excluding steroid dienone is 2. The quantitative estimate of drug-likeness (QED) is 0.525. The second-order valence-corrected chi connectivity index (χ2v) is 8.93. The fraction of sp³-hybridized carbons (Fsp3) is 0.538. The zero-order valence-electron chi connectivity index (χ0n) is 19.1. The first kappa shape index (κ1) is 22.4. The number of nitrogens with one attached hydrogen (secondary N) is 1. The minimum atomic E-state index is -0.708. The van der Waals surface area contributed by atoms with Crippen LogP contribution in [0.2, 0.25) is 0 Å². The average Bonchev–Trinajstić information content (AvgIpc) is 3.06. The van der Waals surface area contributed by atoms with E-state index in [2.05, 4.69) is 11.9 Å². The number of Topliss-reactive ketones (excluding diaryl/α,β-unsaturated/α-hetero) is 1. The van der Waals surface area contributed by atoms with E-state index in [1.54, 1.807) is 14.2 Å². The molecular formula is C26H33NO5. The number of hydrogen-bond acceptors (Lipinski definition) is 6. The van der Waals surface area contributed by atoms with Crippen molar-refractivity contribution in [1.29, 1.82) is 0 Å². The minimum Gasteiger partial charge on any atom is -0.497 e. The number of methoxy groups -OCH3 is 2. The van der Waals surface area contributed by atoms with Crippen LogP contribution in [-0.4, -0.2) is 32.1 Å². The lowest BCUT2D eigenvalue weighted by Crippen LogP contribution is -2.42. The van der Waals surface area contributed by atoms with Crippen molar-refractivity contribution in [2.75, 3.05) is 14.2 Å². The molecule has 2 aliphatic carbocycles. The summed E-state index contributed by atoms with van der Waals surface area (Å²) in [5.74, 6) is -0.230. The Bertz CT molecular complexity index is 926. The maximum Gasteiger partial charge on any atom is 0.316 e. The summed E-state index contributed by atoms with van der Waals surface area (Å²) < 4.78 is 17.1. The van der Waals surface area contributed by atoms with Gasteiger partial charge in [-0.25, -0.2) is 0 Å². The first-order valence-electron chi connectivity index (χ1n) is 11.7. The van der Waals surface area contributed by atoms with Crippen LogP contribution in [0.1, 0.15) is 69.3 Å². The monoisotopic (exact) mass is 439 g/mol. The number of carbonyl (C=O) groups is 2. The van der Waals surface area contributed by atoms with Crippen LogP contribution in [-0.2, 0) is 14.3 Å². The van der Waals surface area contributed by atoms with Gasteiger partial charge in [-0.1, -0.05) is 19.4 Å². The fourth-order valence-corrected chi connectivity index (χ4v) is 5.29. The first-order chi connectivity index (χ1) is 15.5. The number of ether oxygens (including phenoxy) is 3. The van der Waals surface area contributed by atoms with E-state index < -0.39 is 11.8 Å². The molecule has 0 bridgehead atoms. The Morgan fingerprint density at radius 2 is 1.78 bits per heavy atom. The molecule has 1 N–H and O–H groups in total. The van der Waals surface area contributed by atoms with Crippen LogP contribution in [0.3, 0.4) is 0 Å². The molecule has 32 heavy (non-hydrogen) atoms. The highest BCUT2D eigenvalue weighted by Gasteiger charge is 2.45. The number of carbonyl (C=O) groups excluding carboxylic acids is 2. The molecule has 1 aromatic carbocycles. The Kier molecular flexibility index (Phi) is 6.87. The Morgan fingerprint density at radius 3 is 2.47 bits per heavy atom. The van der Waals surface area contributed by atoms with Crippen molar-refractivity contribution in [1.82, 2.24) is 5.32 Å². The van der Waals surface area contributed by atoms with E-state index in [4.69, 9.17) is 14.2 Å². The smallest absolute Gasteiger partial charge is 0.316 e. The topological polar surface area (TPSA) is 73.9 Å². The molecule has 1 aliphatic heterocycles. The molecule has 6 heteroatoms. The average molecular weight is 440 g/mol. The van der Waals surface area contributed by atoms with Crippen LogP contribution in [0.15, 0.2) is 41.7 Å². The molecule has 0 saturated heterocycles. The third-order valence-electron chi connectivity index (χ3n) is 6.90. The highest BCUT2D eigenvalue weighted by atomic mass is 16.5. The van der Waals surface area contributed by atoms with E-state index >= 15 is 0 Å². The summed E-state index contributed by atoms with van der Waals surface area (Å²) in [6.45, 7) is 4.19. The Labute approximate surface area is 190 Å². The Balaban J connectivity index is 1.77. The van der Waals surface area contributed by atoms with Crippen LogP contribution in [0.4, 0.5) is 0 Å². The van der Waals surface area contributed by atoms with Crippen molar-refractivity contribution in [2.45, 2.75) is 69.8 Å². The number of esters is 1. The van der Waals surface area contributed by atoms with Gasteiger partial charge in [0.2, 0.25) is 0 Å². The molecule has 1 heterocycles. The van der Waals surface area contributed by atoms with Gasteiger partial charge in [-0.05, 0) is 56.7 Å². The van der Waals surface area contributed by atoms with Gasteiger partial charge in [-0.2, -0.15) is 0 Å². The van der Waals surface area contributed by atoms with Gasteiger partial charge in [-0.15, -0.1) is 0 Å². The van der Waals surface area contributed by atoms with Gasteiger partial charge in [0.25, 0.3) is 0 Å². The van der Waals surface area contributed by atoms with Crippen LogP contribution < -0.4 is 14.8 Å². The standard InChI is InChI=1S/C26H33NO5/c1-16-23(26(29)32-17-9-6-4-5-7-10-17)24(25-20(27-16)11-8-12-21(25)28)19-15-18(30-2)13-14-22(19)31-3/h13-15,17,23-24,27H,1,4-12H2,2-3H3. The molecule has 6 nitrogen and oxygen atoms in total. The van der Waals surface area contributed by atoms with Crippen LogP contribution in [0.25, 0.3) is 0 Å². The number of hydrogen-bond donors (Lipinski definition) is 1. The molecule has 2 atom stereocenters. The molecule has 3 aliphatic rings. The summed E-state index contributed by atoms with van der Waals surface area (Å²) in [7, 11) is 3.19. The molecule has 1 saturated carbocycles. The third kappa shape index (κ3) is 4.41. The highest BCUT2D eigenvalue weighted by molar-refractivity contribution is 6.00. The first-order valence-corrected chi connectivity index (χ1v) is 11.7. The summed E-state index contributed by atoms with van der Waals surface area (Å²) in [5.41, 5.74) is 2.84. The zero-order chi connectivity index (χ0) is 22.7. The van der Waals surface area contributed by atoms with E-state index in [1.807, 2.05) is 18.2 Å². The summed E-state index contributed by atoms with van der Waals surface area (Å²) >= 11 is 0. The van der Waals surface area contributed by atoms with E-state index in [1.165, 1.54) is 12.8 Å². The number of benzene rings is 1. The summed E-state index contributed by atoms with van der Waals surface area (Å²) in [6.07, 6.45) is 8.22. The lowest BCUT2D eigenvalue weighted by atomic mass is 9.71. The highest BCUT2D eigenvalue weighted by Crippen LogP contribution is 2.48. The predicted octanol–water partition coefficient (Wildman–Crippen LogP) is 4.79. The van der Waals surface area contributed by atoms with Gasteiger partial charge in [0, 0.05) is 34.9 Å². The van der Waals surface area contributed by atoms with Crippen molar-refractivity contribution in [3.8, 4) is 11.5 Å². The predicted molar refractivity (Wildman–Crippen MR) is 122 cm³/mol. The van der Waals surface area contributed by atoms with Crippen LogP contribution in [0, 0.1) is 5.92 Å². The molecule has 4 rings (SSSR count). The zero-order valence-corrected chi connectivity index (χ0v) is 19.1. The third-order valence-corrected chi connectivity index (χ3v) is 6.90. The second kappa shape index (κ2) is 9.80. The molecule has 1 aromatic rings. The van der Waals surface area contributed by atoms with E-state index in [9.17, 15) is 9.59 Å².